The van der Waals surface area contributed by atoms with Crippen LogP contribution < -0.4 is 0 Å². The average Bonchev–Trinajstić information content (AvgIpc) is 3.12. The van der Waals surface area contributed by atoms with Gasteiger partial charge in [-0.05, 0) is 59.2 Å². The van der Waals surface area contributed by atoms with E-state index in [0.717, 1.165) is 44.2 Å². The molecule has 1 aromatic carbocycles. The first kappa shape index (κ1) is 17.6. The summed E-state index contributed by atoms with van der Waals surface area (Å²) in [6, 6.07) is 16.5. The van der Waals surface area contributed by atoms with Crippen molar-refractivity contribution in [1.29, 1.82) is 0 Å². The Morgan fingerprint density at radius 2 is 1.71 bits per heavy atom. The van der Waals surface area contributed by atoms with Gasteiger partial charge in [-0.15, -0.1) is 0 Å². The first-order valence-corrected chi connectivity index (χ1v) is 10.1. The van der Waals surface area contributed by atoms with E-state index in [2.05, 4.69) is 45.4 Å². The van der Waals surface area contributed by atoms with Crippen molar-refractivity contribution in [1.82, 2.24) is 18.9 Å². The van der Waals surface area contributed by atoms with Gasteiger partial charge in [0.05, 0.1) is 5.52 Å². The predicted molar refractivity (Wildman–Crippen MR) is 122 cm³/mol. The number of rotatable bonds is 4. The van der Waals surface area contributed by atoms with Gasteiger partial charge in [0.15, 0.2) is 5.65 Å². The van der Waals surface area contributed by atoms with Crippen molar-refractivity contribution in [2.75, 3.05) is 0 Å². The highest BCUT2D eigenvalue weighted by atomic mass is 127. The molecule has 5 aromatic rings. The van der Waals surface area contributed by atoms with Crippen molar-refractivity contribution in [2.24, 2.45) is 0 Å². The van der Waals surface area contributed by atoms with Crippen LogP contribution in [0.4, 0.5) is 0 Å². The molecule has 0 saturated carbocycles. The molecule has 0 radical (unpaired) electrons. The number of pyridine rings is 3. The largest absolute Gasteiger partial charge is 0.265 e. The summed E-state index contributed by atoms with van der Waals surface area (Å²) in [4.78, 5) is 13.2. The van der Waals surface area contributed by atoms with Crippen LogP contribution in [-0.2, 0) is 2.51 Å². The van der Waals surface area contributed by atoms with Crippen LogP contribution >= 0.6 is 35.2 Å². The molecule has 0 amide bonds. The van der Waals surface area contributed by atoms with Crippen LogP contribution in [0.25, 0.3) is 44.2 Å². The van der Waals surface area contributed by atoms with Crippen LogP contribution in [0.5, 0.6) is 0 Å². The molecule has 0 atom stereocenters. The normalized spacial score (nSPS) is 11.3. The Morgan fingerprint density at radius 3 is 2.57 bits per heavy atom. The fourth-order valence-corrected chi connectivity index (χ4v) is 4.39. The van der Waals surface area contributed by atoms with Crippen molar-refractivity contribution < 1.29 is 2.51 Å². The summed E-state index contributed by atoms with van der Waals surface area (Å²) in [5.74, 6) is 0. The molecule has 4 heterocycles. The summed E-state index contributed by atoms with van der Waals surface area (Å²) < 4.78 is 7.16. The van der Waals surface area contributed by atoms with Crippen LogP contribution in [0.2, 0.25) is 0 Å². The number of halogens is 1. The summed E-state index contributed by atoms with van der Waals surface area (Å²) in [7, 11) is 0. The molecule has 136 valence electrons. The van der Waals surface area contributed by atoms with E-state index in [-0.39, 0.29) is 0 Å². The number of benzene rings is 1. The lowest BCUT2D eigenvalue weighted by Crippen LogP contribution is -1.86. The molecule has 5 nitrogen and oxygen atoms in total. The summed E-state index contributed by atoms with van der Waals surface area (Å²) in [6.07, 6.45) is 9.33. The fourth-order valence-electron chi connectivity index (χ4n) is 3.44. The Morgan fingerprint density at radius 1 is 0.821 bits per heavy atom. The minimum atomic E-state index is 0.875. The van der Waals surface area contributed by atoms with Crippen LogP contribution in [0.3, 0.4) is 0 Å². The third-order valence-electron chi connectivity index (χ3n) is 4.68. The molecule has 0 spiro atoms. The van der Waals surface area contributed by atoms with Gasteiger partial charge in [-0.2, -0.15) is 0 Å². The Labute approximate surface area is 179 Å². The van der Waals surface area contributed by atoms with Crippen molar-refractivity contribution in [3.63, 3.8) is 0 Å². The van der Waals surface area contributed by atoms with Gasteiger partial charge in [-0.3, -0.25) is 13.9 Å². The molecule has 0 fully saturated rings. The molecular weight excluding hydrogens is 483 g/mol. The lowest BCUT2D eigenvalue weighted by molar-refractivity contribution is 0.830. The van der Waals surface area contributed by atoms with Crippen molar-refractivity contribution in [3.8, 4) is 22.3 Å². The van der Waals surface area contributed by atoms with Crippen LogP contribution in [0, 0.1) is 0 Å². The number of fused-ring (bicyclic) bond motifs is 2. The number of nitrogens with zero attached hydrogens (tertiary/aromatic N) is 4. The highest BCUT2D eigenvalue weighted by molar-refractivity contribution is 14.1. The predicted octanol–water partition coefficient (Wildman–Crippen LogP) is 6.09. The highest BCUT2D eigenvalue weighted by Gasteiger charge is 2.14. The topological polar surface area (TPSA) is 52.8 Å². The zero-order valence-corrected chi connectivity index (χ0v) is 17.5. The standard InChI is InChI=1S/C21H13IN4OS/c22-27-28-26-13-19(17-2-1-8-25-21(17)26)15-3-4-20-18(12-15)16(7-11-24-20)14-5-9-23-10-6-14/h1-13H. The molecule has 5 rings (SSSR count). The molecule has 4 aromatic heterocycles. The first-order chi connectivity index (χ1) is 13.8. The van der Waals surface area contributed by atoms with Crippen molar-refractivity contribution >= 4 is 57.2 Å². The van der Waals surface area contributed by atoms with E-state index >= 15 is 0 Å². The summed E-state index contributed by atoms with van der Waals surface area (Å²) in [5, 5.41) is 2.19. The molecule has 0 aliphatic carbocycles. The van der Waals surface area contributed by atoms with Crippen molar-refractivity contribution in [2.45, 2.75) is 0 Å². The summed E-state index contributed by atoms with van der Waals surface area (Å²) in [6.45, 7) is 0. The molecule has 0 aliphatic heterocycles. The second-order valence-corrected chi connectivity index (χ2v) is 7.95. The molecule has 0 bridgehead atoms. The fraction of sp³-hybridized carbons (Fsp3) is 0. The second-order valence-electron chi connectivity index (χ2n) is 6.21. The zero-order valence-electron chi connectivity index (χ0n) is 14.5. The van der Waals surface area contributed by atoms with E-state index in [9.17, 15) is 0 Å². The molecule has 0 aliphatic rings. The van der Waals surface area contributed by atoms with Gasteiger partial charge in [0, 0.05) is 47.3 Å². The van der Waals surface area contributed by atoms with Gasteiger partial charge in [0.2, 0.25) is 0 Å². The van der Waals surface area contributed by atoms with E-state index in [0.29, 0.717) is 0 Å². The minimum absolute atomic E-state index is 0.875. The molecule has 0 saturated heterocycles. The average molecular weight is 496 g/mol. The van der Waals surface area contributed by atoms with Crippen LogP contribution in [0.15, 0.2) is 79.5 Å². The molecular formula is C21H13IN4OS. The van der Waals surface area contributed by atoms with E-state index in [1.807, 2.05) is 69.8 Å². The Bertz CT molecular complexity index is 1290. The minimum Gasteiger partial charge on any atom is -0.265 e. The van der Waals surface area contributed by atoms with E-state index in [1.165, 1.54) is 12.2 Å². The van der Waals surface area contributed by atoms with Crippen molar-refractivity contribution in [3.05, 3.63) is 79.5 Å². The SMILES string of the molecule is IOSn1cc(-c2ccc3nccc(-c4ccncc4)c3c2)c2cccnc21. The maximum Gasteiger partial charge on any atom is 0.152 e. The van der Waals surface area contributed by atoms with Gasteiger partial charge in [-0.25, -0.2) is 7.50 Å². The first-order valence-electron chi connectivity index (χ1n) is 8.56. The summed E-state index contributed by atoms with van der Waals surface area (Å²) in [5.41, 5.74) is 6.32. The van der Waals surface area contributed by atoms with Gasteiger partial charge in [0.25, 0.3) is 0 Å². The van der Waals surface area contributed by atoms with Crippen LogP contribution in [-0.4, -0.2) is 18.9 Å². The number of hydrogen-bond acceptors (Lipinski definition) is 5. The Hall–Kier alpha value is -2.49. The van der Waals surface area contributed by atoms with Gasteiger partial charge in [0.1, 0.15) is 35.2 Å². The number of hydrogen-bond donors (Lipinski definition) is 0. The van der Waals surface area contributed by atoms with Gasteiger partial charge < -0.3 is 0 Å². The molecule has 28 heavy (non-hydrogen) atoms. The van der Waals surface area contributed by atoms with Gasteiger partial charge in [-0.1, -0.05) is 6.07 Å². The Balaban J connectivity index is 1.74. The monoisotopic (exact) mass is 496 g/mol. The summed E-state index contributed by atoms with van der Waals surface area (Å²) >= 11 is 3.12. The second kappa shape index (κ2) is 7.50. The maximum atomic E-state index is 5.23. The highest BCUT2D eigenvalue weighted by Crippen LogP contribution is 2.36. The van der Waals surface area contributed by atoms with Crippen LogP contribution in [0.1, 0.15) is 0 Å². The lowest BCUT2D eigenvalue weighted by atomic mass is 9.98. The third-order valence-corrected chi connectivity index (χ3v) is 5.66. The lowest BCUT2D eigenvalue weighted by Gasteiger charge is -2.08. The maximum absolute atomic E-state index is 5.23. The number of aromatic nitrogens is 4. The van der Waals surface area contributed by atoms with E-state index in [1.54, 1.807) is 6.20 Å². The van der Waals surface area contributed by atoms with E-state index in [4.69, 9.17) is 2.51 Å². The van der Waals surface area contributed by atoms with E-state index < -0.39 is 0 Å². The Kier molecular flexibility index (Phi) is 4.71. The molecule has 0 unspecified atom stereocenters. The van der Waals surface area contributed by atoms with Gasteiger partial charge >= 0.3 is 0 Å². The third kappa shape index (κ3) is 3.05. The quantitative estimate of drug-likeness (QED) is 0.223. The smallest absolute Gasteiger partial charge is 0.152 e. The molecule has 7 heteroatoms. The zero-order chi connectivity index (χ0) is 18.9. The molecule has 0 N–H and O–H groups in total.